The van der Waals surface area contributed by atoms with Gasteiger partial charge in [0, 0.05) is 47.7 Å². The fourth-order valence-electron chi connectivity index (χ4n) is 4.31. The molecule has 0 bridgehead atoms. The molecule has 1 aromatic carbocycles. The van der Waals surface area contributed by atoms with Crippen LogP contribution in [0.25, 0.3) is 22.6 Å². The number of aryl methyl sites for hydroxylation is 1. The number of hydrogen-bond acceptors (Lipinski definition) is 6. The molecule has 6 heteroatoms. The Kier molecular flexibility index (Phi) is 5.43. The Labute approximate surface area is 188 Å². The van der Waals surface area contributed by atoms with E-state index in [1.807, 2.05) is 43.3 Å². The van der Waals surface area contributed by atoms with Crippen LogP contribution in [0.2, 0.25) is 0 Å². The molecule has 0 unspecified atom stereocenters. The Bertz CT molecular complexity index is 1200. The summed E-state index contributed by atoms with van der Waals surface area (Å²) in [5, 5.41) is 0. The van der Waals surface area contributed by atoms with Gasteiger partial charge in [0.1, 0.15) is 23.3 Å². The van der Waals surface area contributed by atoms with Gasteiger partial charge < -0.3 is 9.32 Å². The van der Waals surface area contributed by atoms with Gasteiger partial charge in [-0.2, -0.15) is 0 Å². The predicted octanol–water partition coefficient (Wildman–Crippen LogP) is 5.97. The van der Waals surface area contributed by atoms with Crippen LogP contribution >= 0.6 is 0 Å². The lowest BCUT2D eigenvalue weighted by Gasteiger charge is -2.24. The summed E-state index contributed by atoms with van der Waals surface area (Å²) in [5.74, 6) is 3.59. The smallest absolute Gasteiger partial charge is 0.217 e. The normalized spacial score (nSPS) is 16.1. The summed E-state index contributed by atoms with van der Waals surface area (Å²) in [7, 11) is 0. The second-order valence-electron chi connectivity index (χ2n) is 8.56. The summed E-state index contributed by atoms with van der Waals surface area (Å²) < 4.78 is 6.41. The van der Waals surface area contributed by atoms with E-state index < -0.39 is 0 Å². The molecule has 1 atom stereocenters. The van der Waals surface area contributed by atoms with Crippen LogP contribution in [0.15, 0.2) is 65.3 Å². The van der Waals surface area contributed by atoms with Crippen LogP contribution in [0.4, 0.5) is 5.82 Å². The van der Waals surface area contributed by atoms with Gasteiger partial charge in [-0.15, -0.1) is 0 Å². The van der Waals surface area contributed by atoms with E-state index in [1.54, 1.807) is 12.4 Å². The number of hydrogen-bond donors (Lipinski definition) is 0. The van der Waals surface area contributed by atoms with Gasteiger partial charge in [-0.25, -0.2) is 15.0 Å². The summed E-state index contributed by atoms with van der Waals surface area (Å²) >= 11 is 0. The van der Waals surface area contributed by atoms with Crippen LogP contribution in [0.1, 0.15) is 56.0 Å². The molecule has 6 nitrogen and oxygen atoms in total. The molecule has 1 aliphatic heterocycles. The molecule has 0 saturated carbocycles. The minimum atomic E-state index is 0.0598. The first kappa shape index (κ1) is 20.4. The standard InChI is InChI=1S/C26H27N5O/c1-17(2)24-23(19-8-5-4-6-9-19)30-26(32-24)21-10-7-15-31(21)22-16-18(3)28-25(29-22)20-11-13-27-14-12-20/h4-6,8-9,11-14,16-17,21H,7,10,15H2,1-3H3/t21-/m0/s1. The molecule has 32 heavy (non-hydrogen) atoms. The van der Waals surface area contributed by atoms with Gasteiger partial charge in [-0.1, -0.05) is 44.2 Å². The molecule has 162 valence electrons. The third kappa shape index (κ3) is 3.88. The fraction of sp³-hybridized carbons (Fsp3) is 0.308. The molecule has 5 rings (SSSR count). The van der Waals surface area contributed by atoms with Crippen molar-refractivity contribution < 1.29 is 4.42 Å². The summed E-state index contributed by atoms with van der Waals surface area (Å²) in [6.07, 6.45) is 5.59. The lowest BCUT2D eigenvalue weighted by atomic mass is 10.0. The van der Waals surface area contributed by atoms with E-state index >= 15 is 0 Å². The highest BCUT2D eigenvalue weighted by Crippen LogP contribution is 2.39. The number of pyridine rings is 1. The van der Waals surface area contributed by atoms with Crippen LogP contribution in [-0.4, -0.2) is 26.5 Å². The second-order valence-corrected chi connectivity index (χ2v) is 8.56. The average molecular weight is 426 g/mol. The molecular formula is C26H27N5O. The van der Waals surface area contributed by atoms with Crippen molar-refractivity contribution >= 4 is 5.82 Å². The van der Waals surface area contributed by atoms with Crippen molar-refractivity contribution in [1.82, 2.24) is 19.9 Å². The Morgan fingerprint density at radius 2 is 1.75 bits per heavy atom. The van der Waals surface area contributed by atoms with Crippen LogP contribution in [0, 0.1) is 6.92 Å². The maximum atomic E-state index is 6.41. The van der Waals surface area contributed by atoms with Gasteiger partial charge in [-0.3, -0.25) is 4.98 Å². The second kappa shape index (κ2) is 8.54. The summed E-state index contributed by atoms with van der Waals surface area (Å²) in [6, 6.07) is 16.3. The first-order valence-corrected chi connectivity index (χ1v) is 11.2. The van der Waals surface area contributed by atoms with E-state index in [0.717, 1.165) is 59.4 Å². The molecule has 4 aromatic rings. The zero-order valence-corrected chi connectivity index (χ0v) is 18.7. The van der Waals surface area contributed by atoms with Crippen molar-refractivity contribution in [3.05, 3.63) is 78.3 Å². The van der Waals surface area contributed by atoms with Gasteiger partial charge in [0.15, 0.2) is 5.82 Å². The SMILES string of the molecule is Cc1cc(N2CCC[C@H]2c2nc(-c3ccccc3)c(C(C)C)o2)nc(-c2ccncc2)n1. The zero-order valence-electron chi connectivity index (χ0n) is 18.7. The van der Waals surface area contributed by atoms with Crippen LogP contribution in [0.5, 0.6) is 0 Å². The lowest BCUT2D eigenvalue weighted by molar-refractivity contribution is 0.408. The van der Waals surface area contributed by atoms with E-state index in [-0.39, 0.29) is 12.0 Å². The molecule has 0 radical (unpaired) electrons. The molecule has 4 heterocycles. The van der Waals surface area contributed by atoms with E-state index in [9.17, 15) is 0 Å². The predicted molar refractivity (Wildman–Crippen MR) is 125 cm³/mol. The van der Waals surface area contributed by atoms with Crippen molar-refractivity contribution in [2.24, 2.45) is 0 Å². The quantitative estimate of drug-likeness (QED) is 0.393. The van der Waals surface area contributed by atoms with Crippen LogP contribution in [0.3, 0.4) is 0 Å². The highest BCUT2D eigenvalue weighted by atomic mass is 16.4. The monoisotopic (exact) mass is 425 g/mol. The third-order valence-electron chi connectivity index (χ3n) is 5.85. The average Bonchev–Trinajstić information content (AvgIpc) is 3.47. The number of benzene rings is 1. The summed E-state index contributed by atoms with van der Waals surface area (Å²) in [4.78, 5) is 21.0. The number of oxazole rings is 1. The molecule has 0 amide bonds. The molecule has 1 aliphatic rings. The Morgan fingerprint density at radius 3 is 2.50 bits per heavy atom. The van der Waals surface area contributed by atoms with E-state index in [0.29, 0.717) is 5.82 Å². The van der Waals surface area contributed by atoms with Gasteiger partial charge >= 0.3 is 0 Å². The number of aromatic nitrogens is 4. The molecular weight excluding hydrogens is 398 g/mol. The molecule has 0 aliphatic carbocycles. The molecule has 0 N–H and O–H groups in total. The first-order chi connectivity index (χ1) is 15.6. The van der Waals surface area contributed by atoms with Gasteiger partial charge in [0.25, 0.3) is 0 Å². The largest absolute Gasteiger partial charge is 0.442 e. The first-order valence-electron chi connectivity index (χ1n) is 11.2. The molecule has 0 spiro atoms. The maximum Gasteiger partial charge on any atom is 0.217 e. The van der Waals surface area contributed by atoms with Gasteiger partial charge in [-0.05, 0) is 31.9 Å². The van der Waals surface area contributed by atoms with Crippen LogP contribution in [-0.2, 0) is 0 Å². The third-order valence-corrected chi connectivity index (χ3v) is 5.85. The topological polar surface area (TPSA) is 67.9 Å². The summed E-state index contributed by atoms with van der Waals surface area (Å²) in [5.41, 5.74) is 3.94. The van der Waals surface area contributed by atoms with Gasteiger partial charge in [0.05, 0.1) is 0 Å². The van der Waals surface area contributed by atoms with Crippen molar-refractivity contribution in [2.75, 3.05) is 11.4 Å². The minimum absolute atomic E-state index is 0.0598. The Balaban J connectivity index is 1.53. The van der Waals surface area contributed by atoms with Crippen molar-refractivity contribution in [2.45, 2.75) is 45.6 Å². The minimum Gasteiger partial charge on any atom is -0.442 e. The number of rotatable bonds is 5. The molecule has 3 aromatic heterocycles. The number of nitrogens with zero attached hydrogens (tertiary/aromatic N) is 5. The van der Waals surface area contributed by atoms with Crippen molar-refractivity contribution in [3.63, 3.8) is 0 Å². The van der Waals surface area contributed by atoms with E-state index in [2.05, 4.69) is 40.8 Å². The number of anilines is 1. The Morgan fingerprint density at radius 1 is 0.969 bits per heavy atom. The van der Waals surface area contributed by atoms with E-state index in [1.165, 1.54) is 0 Å². The molecule has 1 fully saturated rings. The maximum absolute atomic E-state index is 6.41. The summed E-state index contributed by atoms with van der Waals surface area (Å²) in [6.45, 7) is 7.23. The Hall–Kier alpha value is -3.54. The van der Waals surface area contributed by atoms with Crippen molar-refractivity contribution in [3.8, 4) is 22.6 Å². The fourth-order valence-corrected chi connectivity index (χ4v) is 4.31. The highest BCUT2D eigenvalue weighted by Gasteiger charge is 2.33. The zero-order chi connectivity index (χ0) is 22.1. The van der Waals surface area contributed by atoms with Gasteiger partial charge in [0.2, 0.25) is 5.89 Å². The lowest BCUT2D eigenvalue weighted by Crippen LogP contribution is -2.24. The van der Waals surface area contributed by atoms with Crippen LogP contribution < -0.4 is 4.90 Å². The molecule has 1 saturated heterocycles. The highest BCUT2D eigenvalue weighted by molar-refractivity contribution is 5.62. The van der Waals surface area contributed by atoms with E-state index in [4.69, 9.17) is 14.4 Å². The van der Waals surface area contributed by atoms with Crippen molar-refractivity contribution in [1.29, 1.82) is 0 Å².